The highest BCUT2D eigenvalue weighted by Crippen LogP contribution is 2.13. The van der Waals surface area contributed by atoms with E-state index in [4.69, 9.17) is 0 Å². The molecule has 0 saturated carbocycles. The summed E-state index contributed by atoms with van der Waals surface area (Å²) in [7, 11) is 0. The van der Waals surface area contributed by atoms with Crippen molar-refractivity contribution in [3.8, 4) is 0 Å². The molecule has 2 rings (SSSR count). The molecule has 1 N–H and O–H groups in total. The summed E-state index contributed by atoms with van der Waals surface area (Å²) in [5.74, 6) is -2.15. The third-order valence-electron chi connectivity index (χ3n) is 1.92. The van der Waals surface area contributed by atoms with Crippen molar-refractivity contribution in [1.82, 2.24) is 10.2 Å². The molecule has 5 heteroatoms. The van der Waals surface area contributed by atoms with Gasteiger partial charge in [0.25, 0.3) is 0 Å². The summed E-state index contributed by atoms with van der Waals surface area (Å²) in [6, 6.07) is 4.23. The molecule has 3 nitrogen and oxygen atoms in total. The van der Waals surface area contributed by atoms with Gasteiger partial charge < -0.3 is 0 Å². The fourth-order valence-electron chi connectivity index (χ4n) is 1.20. The van der Waals surface area contributed by atoms with Gasteiger partial charge in [0, 0.05) is 12.3 Å². The Morgan fingerprint density at radius 3 is 2.67 bits per heavy atom. The third kappa shape index (κ3) is 1.76. The molecule has 0 bridgehead atoms. The Morgan fingerprint density at radius 1 is 1.27 bits per heavy atom. The Hall–Kier alpha value is -2.04. The Bertz CT molecular complexity index is 494. The molecule has 0 unspecified atom stereocenters. The first kappa shape index (κ1) is 9.51. The lowest BCUT2D eigenvalue weighted by molar-refractivity contribution is 0.103. The van der Waals surface area contributed by atoms with E-state index in [2.05, 4.69) is 10.2 Å². The number of carbonyl (C=O) groups excluding carboxylic acids is 1. The van der Waals surface area contributed by atoms with Crippen molar-refractivity contribution in [3.63, 3.8) is 0 Å². The van der Waals surface area contributed by atoms with Crippen LogP contribution < -0.4 is 0 Å². The van der Waals surface area contributed by atoms with E-state index in [1.807, 2.05) is 0 Å². The van der Waals surface area contributed by atoms with Crippen LogP contribution in [-0.4, -0.2) is 16.0 Å². The van der Waals surface area contributed by atoms with Gasteiger partial charge in [-0.3, -0.25) is 9.89 Å². The molecule has 0 atom stereocenters. The maximum atomic E-state index is 13.2. The topological polar surface area (TPSA) is 45.8 Å². The van der Waals surface area contributed by atoms with Gasteiger partial charge in [-0.15, -0.1) is 0 Å². The predicted molar refractivity (Wildman–Crippen MR) is 48.4 cm³/mol. The maximum Gasteiger partial charge on any atom is 0.213 e. The molecule has 76 valence electrons. The SMILES string of the molecule is O=C(c1ccn[nH]1)c1ccc(F)cc1F. The van der Waals surface area contributed by atoms with Crippen LogP contribution in [0.25, 0.3) is 0 Å². The summed E-state index contributed by atoms with van der Waals surface area (Å²) in [6.07, 6.45) is 1.38. The first-order valence-corrected chi connectivity index (χ1v) is 4.17. The van der Waals surface area contributed by atoms with E-state index in [0.29, 0.717) is 6.07 Å². The van der Waals surface area contributed by atoms with Crippen LogP contribution in [0.3, 0.4) is 0 Å². The van der Waals surface area contributed by atoms with E-state index in [1.165, 1.54) is 12.3 Å². The van der Waals surface area contributed by atoms with E-state index in [9.17, 15) is 13.6 Å². The summed E-state index contributed by atoms with van der Waals surface area (Å²) in [6.45, 7) is 0. The molecular formula is C10H6F2N2O. The van der Waals surface area contributed by atoms with Crippen molar-refractivity contribution in [2.45, 2.75) is 0 Å². The van der Waals surface area contributed by atoms with E-state index in [-0.39, 0.29) is 11.3 Å². The minimum atomic E-state index is -0.880. The summed E-state index contributed by atoms with van der Waals surface area (Å²) in [4.78, 5) is 11.6. The number of benzene rings is 1. The Balaban J connectivity index is 2.42. The largest absolute Gasteiger partial charge is 0.287 e. The Labute approximate surface area is 83.7 Å². The monoisotopic (exact) mass is 208 g/mol. The van der Waals surface area contributed by atoms with Gasteiger partial charge in [-0.2, -0.15) is 5.10 Å². The fraction of sp³-hybridized carbons (Fsp3) is 0. The summed E-state index contributed by atoms with van der Waals surface area (Å²) in [5, 5.41) is 5.99. The van der Waals surface area contributed by atoms with Gasteiger partial charge in [0.2, 0.25) is 5.78 Å². The lowest BCUT2D eigenvalue weighted by Gasteiger charge is -1.99. The van der Waals surface area contributed by atoms with Gasteiger partial charge in [-0.1, -0.05) is 0 Å². The lowest BCUT2D eigenvalue weighted by atomic mass is 10.1. The van der Waals surface area contributed by atoms with E-state index in [1.54, 1.807) is 0 Å². The van der Waals surface area contributed by atoms with Gasteiger partial charge in [0.1, 0.15) is 17.3 Å². The van der Waals surface area contributed by atoms with Crippen molar-refractivity contribution in [3.05, 3.63) is 53.4 Å². The Morgan fingerprint density at radius 2 is 2.07 bits per heavy atom. The molecular weight excluding hydrogens is 202 g/mol. The van der Waals surface area contributed by atoms with Crippen molar-refractivity contribution in [2.24, 2.45) is 0 Å². The number of aromatic amines is 1. The van der Waals surface area contributed by atoms with Crippen molar-refractivity contribution < 1.29 is 13.6 Å². The predicted octanol–water partition coefficient (Wildman–Crippen LogP) is 1.92. The highest BCUT2D eigenvalue weighted by atomic mass is 19.1. The van der Waals surface area contributed by atoms with Crippen LogP contribution in [0.15, 0.2) is 30.5 Å². The van der Waals surface area contributed by atoms with Gasteiger partial charge in [-0.05, 0) is 18.2 Å². The van der Waals surface area contributed by atoms with Gasteiger partial charge in [0.15, 0.2) is 0 Å². The zero-order valence-corrected chi connectivity index (χ0v) is 7.50. The minimum absolute atomic E-state index is 0.167. The lowest BCUT2D eigenvalue weighted by Crippen LogP contribution is -2.05. The standard InChI is InChI=1S/C10H6F2N2O/c11-6-1-2-7(8(12)5-6)10(15)9-3-4-13-14-9/h1-5H,(H,13,14). The number of ketones is 1. The quantitative estimate of drug-likeness (QED) is 0.766. The molecule has 1 aromatic carbocycles. The van der Waals surface area contributed by atoms with E-state index >= 15 is 0 Å². The molecule has 0 aliphatic rings. The van der Waals surface area contributed by atoms with E-state index < -0.39 is 17.4 Å². The average molecular weight is 208 g/mol. The summed E-state index contributed by atoms with van der Waals surface area (Å²) >= 11 is 0. The number of hydrogen-bond acceptors (Lipinski definition) is 2. The van der Waals surface area contributed by atoms with Gasteiger partial charge >= 0.3 is 0 Å². The van der Waals surface area contributed by atoms with Crippen LogP contribution in [0.4, 0.5) is 8.78 Å². The zero-order chi connectivity index (χ0) is 10.8. The third-order valence-corrected chi connectivity index (χ3v) is 1.92. The highest BCUT2D eigenvalue weighted by molar-refractivity contribution is 6.07. The first-order valence-electron chi connectivity index (χ1n) is 4.17. The van der Waals surface area contributed by atoms with Crippen LogP contribution in [0.5, 0.6) is 0 Å². The minimum Gasteiger partial charge on any atom is -0.287 e. The molecule has 0 amide bonds. The highest BCUT2D eigenvalue weighted by Gasteiger charge is 2.15. The van der Waals surface area contributed by atoms with Crippen molar-refractivity contribution in [1.29, 1.82) is 0 Å². The van der Waals surface area contributed by atoms with Crippen LogP contribution in [-0.2, 0) is 0 Å². The van der Waals surface area contributed by atoms with Crippen LogP contribution in [0.1, 0.15) is 16.1 Å². The number of hydrogen-bond donors (Lipinski definition) is 1. The molecule has 1 heterocycles. The number of nitrogens with one attached hydrogen (secondary N) is 1. The average Bonchev–Trinajstić information content (AvgIpc) is 2.69. The number of H-pyrrole nitrogens is 1. The van der Waals surface area contributed by atoms with Gasteiger partial charge in [0.05, 0.1) is 5.56 Å². The van der Waals surface area contributed by atoms with E-state index in [0.717, 1.165) is 12.1 Å². The van der Waals surface area contributed by atoms with Crippen LogP contribution >= 0.6 is 0 Å². The van der Waals surface area contributed by atoms with Crippen molar-refractivity contribution in [2.75, 3.05) is 0 Å². The smallest absolute Gasteiger partial charge is 0.213 e. The second-order valence-electron chi connectivity index (χ2n) is 2.92. The summed E-state index contributed by atoms with van der Waals surface area (Å²) in [5.41, 5.74) is -0.0128. The summed E-state index contributed by atoms with van der Waals surface area (Å²) < 4.78 is 25.8. The number of nitrogens with zero attached hydrogens (tertiary/aromatic N) is 1. The number of halogens is 2. The normalized spacial score (nSPS) is 10.3. The van der Waals surface area contributed by atoms with Crippen molar-refractivity contribution >= 4 is 5.78 Å². The molecule has 0 spiro atoms. The maximum absolute atomic E-state index is 13.2. The number of carbonyl (C=O) groups is 1. The molecule has 0 fully saturated rings. The van der Waals surface area contributed by atoms with Gasteiger partial charge in [-0.25, -0.2) is 8.78 Å². The number of aromatic nitrogens is 2. The molecule has 2 aromatic rings. The zero-order valence-electron chi connectivity index (χ0n) is 7.50. The second kappa shape index (κ2) is 3.61. The number of rotatable bonds is 2. The van der Waals surface area contributed by atoms with Crippen LogP contribution in [0, 0.1) is 11.6 Å². The Kier molecular flexibility index (Phi) is 2.29. The molecule has 0 radical (unpaired) electrons. The fourth-order valence-corrected chi connectivity index (χ4v) is 1.20. The molecule has 15 heavy (non-hydrogen) atoms. The molecule has 0 aliphatic heterocycles. The first-order chi connectivity index (χ1) is 7.18. The molecule has 1 aromatic heterocycles. The second-order valence-corrected chi connectivity index (χ2v) is 2.92. The van der Waals surface area contributed by atoms with Crippen LogP contribution in [0.2, 0.25) is 0 Å². The molecule has 0 aliphatic carbocycles. The molecule has 0 saturated heterocycles.